The SMILES string of the molecule is C=C/C(=C\C=C\c1nc(-c2ccccc2)nc(-c2ccccc2-n2c3ccccc3c3ccc4oc5c(-c6ccccc6)cccc5c4c32)n1)c1ccccc1. The Morgan fingerprint density at radius 1 is 0.554 bits per heavy atom. The van der Waals surface area contributed by atoms with E-state index in [2.05, 4.69) is 120 Å². The number of aromatic nitrogens is 4. The molecular weight excluding hydrogens is 685 g/mol. The number of rotatable bonds is 8. The Balaban J connectivity index is 1.21. The average molecular weight is 719 g/mol. The predicted molar refractivity (Wildman–Crippen MR) is 231 cm³/mol. The predicted octanol–water partition coefficient (Wildman–Crippen LogP) is 13.2. The van der Waals surface area contributed by atoms with Crippen LogP contribution in [0.15, 0.2) is 199 Å². The number of fused-ring (bicyclic) bond motifs is 7. The number of furan rings is 1. The topological polar surface area (TPSA) is 56.7 Å². The highest BCUT2D eigenvalue weighted by molar-refractivity contribution is 6.25. The minimum atomic E-state index is 0.551. The van der Waals surface area contributed by atoms with Crippen LogP contribution in [-0.2, 0) is 0 Å². The van der Waals surface area contributed by atoms with Crippen LogP contribution in [0.4, 0.5) is 0 Å². The standard InChI is InChI=1S/C51H34N4O/c1-2-34(35-18-6-3-7-19-35)24-16-31-46-52-50(37-22-10-5-11-23-37)54-51(53-46)41-26-13-15-30-44(41)55-43-29-14-12-25-39(43)40-32-33-45-47(48(40)55)42-28-17-27-38(49(42)56-45)36-20-8-4-9-21-36/h2-33H,1H2/b31-16+,34-24+. The van der Waals surface area contributed by atoms with E-state index in [1.54, 1.807) is 0 Å². The second-order valence-corrected chi connectivity index (χ2v) is 13.6. The first kappa shape index (κ1) is 33.0. The lowest BCUT2D eigenvalue weighted by Crippen LogP contribution is -2.03. The quantitative estimate of drug-likeness (QED) is 0.147. The molecule has 0 amide bonds. The van der Waals surface area contributed by atoms with E-state index in [4.69, 9.17) is 19.4 Å². The molecule has 0 aliphatic carbocycles. The van der Waals surface area contributed by atoms with Crippen LogP contribution in [-0.4, -0.2) is 19.5 Å². The van der Waals surface area contributed by atoms with Gasteiger partial charge in [0.25, 0.3) is 0 Å². The number of hydrogen-bond acceptors (Lipinski definition) is 4. The van der Waals surface area contributed by atoms with Gasteiger partial charge in [-0.05, 0) is 53.1 Å². The summed E-state index contributed by atoms with van der Waals surface area (Å²) in [5.41, 5.74) is 10.9. The van der Waals surface area contributed by atoms with Gasteiger partial charge in [-0.2, -0.15) is 0 Å². The third-order valence-corrected chi connectivity index (χ3v) is 10.3. The summed E-state index contributed by atoms with van der Waals surface area (Å²) in [6, 6.07) is 58.4. The molecule has 3 heterocycles. The fourth-order valence-corrected chi connectivity index (χ4v) is 7.75. The zero-order chi connectivity index (χ0) is 37.4. The van der Waals surface area contributed by atoms with Gasteiger partial charge < -0.3 is 8.98 Å². The van der Waals surface area contributed by atoms with Crippen molar-refractivity contribution in [2.24, 2.45) is 0 Å². The number of para-hydroxylation sites is 3. The molecule has 0 bridgehead atoms. The normalized spacial score (nSPS) is 12.0. The Labute approximate surface area is 323 Å². The lowest BCUT2D eigenvalue weighted by Gasteiger charge is -2.14. The molecule has 5 heteroatoms. The molecule has 0 radical (unpaired) electrons. The largest absolute Gasteiger partial charge is 0.455 e. The zero-order valence-electron chi connectivity index (χ0n) is 30.4. The zero-order valence-corrected chi connectivity index (χ0v) is 30.4. The second-order valence-electron chi connectivity index (χ2n) is 13.6. The van der Waals surface area contributed by atoms with Gasteiger partial charge in [-0.1, -0.05) is 164 Å². The fraction of sp³-hybridized carbons (Fsp3) is 0. The molecule has 10 aromatic rings. The van der Waals surface area contributed by atoms with E-state index in [0.29, 0.717) is 17.5 Å². The Morgan fingerprint density at radius 2 is 1.21 bits per heavy atom. The van der Waals surface area contributed by atoms with Gasteiger partial charge in [0, 0.05) is 32.8 Å². The highest BCUT2D eigenvalue weighted by atomic mass is 16.3. The van der Waals surface area contributed by atoms with Crippen molar-refractivity contribution in [1.82, 2.24) is 19.5 Å². The van der Waals surface area contributed by atoms with Gasteiger partial charge >= 0.3 is 0 Å². The smallest absolute Gasteiger partial charge is 0.166 e. The maximum Gasteiger partial charge on any atom is 0.166 e. The van der Waals surface area contributed by atoms with Crippen LogP contribution >= 0.6 is 0 Å². The Bertz CT molecular complexity index is 3140. The van der Waals surface area contributed by atoms with E-state index in [1.807, 2.05) is 85.0 Å². The van der Waals surface area contributed by atoms with Crippen molar-refractivity contribution in [2.75, 3.05) is 0 Å². The molecule has 0 spiro atoms. The molecule has 5 nitrogen and oxygen atoms in total. The van der Waals surface area contributed by atoms with Crippen molar-refractivity contribution in [3.8, 4) is 39.6 Å². The molecule has 3 aromatic heterocycles. The number of allylic oxidation sites excluding steroid dienone is 4. The van der Waals surface area contributed by atoms with E-state index in [9.17, 15) is 0 Å². The highest BCUT2D eigenvalue weighted by Crippen LogP contribution is 2.44. The van der Waals surface area contributed by atoms with Gasteiger partial charge in [0.05, 0.1) is 22.1 Å². The minimum absolute atomic E-state index is 0.551. The summed E-state index contributed by atoms with van der Waals surface area (Å²) >= 11 is 0. The summed E-state index contributed by atoms with van der Waals surface area (Å²) in [5, 5.41) is 4.42. The van der Waals surface area contributed by atoms with Crippen molar-refractivity contribution in [3.05, 3.63) is 206 Å². The molecule has 0 N–H and O–H groups in total. The van der Waals surface area contributed by atoms with Crippen LogP contribution in [0.5, 0.6) is 0 Å². The molecule has 0 aliphatic heterocycles. The molecule has 0 saturated heterocycles. The van der Waals surface area contributed by atoms with Gasteiger partial charge in [-0.15, -0.1) is 0 Å². The van der Waals surface area contributed by atoms with Crippen LogP contribution in [0.3, 0.4) is 0 Å². The Kier molecular flexibility index (Phi) is 8.23. The van der Waals surface area contributed by atoms with Gasteiger partial charge in [-0.25, -0.2) is 15.0 Å². The van der Waals surface area contributed by atoms with Crippen molar-refractivity contribution < 1.29 is 4.42 Å². The van der Waals surface area contributed by atoms with Crippen LogP contribution in [0, 0.1) is 0 Å². The first-order valence-corrected chi connectivity index (χ1v) is 18.7. The lowest BCUT2D eigenvalue weighted by molar-refractivity contribution is 0.670. The third kappa shape index (κ3) is 5.70. The van der Waals surface area contributed by atoms with Crippen molar-refractivity contribution >= 4 is 55.4 Å². The molecule has 0 aliphatic rings. The molecule has 0 saturated carbocycles. The molecular formula is C51H34N4O. The van der Waals surface area contributed by atoms with E-state index in [1.165, 1.54) is 0 Å². The number of nitrogens with zero attached hydrogens (tertiary/aromatic N) is 4. The molecule has 56 heavy (non-hydrogen) atoms. The first-order chi connectivity index (χ1) is 27.7. The fourth-order valence-electron chi connectivity index (χ4n) is 7.75. The van der Waals surface area contributed by atoms with E-state index in [-0.39, 0.29) is 0 Å². The minimum Gasteiger partial charge on any atom is -0.455 e. The molecule has 10 rings (SSSR count). The van der Waals surface area contributed by atoms with E-state index >= 15 is 0 Å². The molecule has 0 atom stereocenters. The van der Waals surface area contributed by atoms with Gasteiger partial charge in [-0.3, -0.25) is 0 Å². The summed E-state index contributed by atoms with van der Waals surface area (Å²) < 4.78 is 9.11. The van der Waals surface area contributed by atoms with Crippen LogP contribution in [0.1, 0.15) is 11.4 Å². The average Bonchev–Trinajstić information content (AvgIpc) is 3.82. The van der Waals surface area contributed by atoms with E-state index in [0.717, 1.165) is 82.8 Å². The van der Waals surface area contributed by atoms with Crippen LogP contribution in [0.2, 0.25) is 0 Å². The van der Waals surface area contributed by atoms with Gasteiger partial charge in [0.15, 0.2) is 17.5 Å². The maximum absolute atomic E-state index is 6.75. The second kappa shape index (κ2) is 14.0. The van der Waals surface area contributed by atoms with Crippen molar-refractivity contribution in [3.63, 3.8) is 0 Å². The molecule has 0 unspecified atom stereocenters. The first-order valence-electron chi connectivity index (χ1n) is 18.7. The van der Waals surface area contributed by atoms with Crippen LogP contribution < -0.4 is 0 Å². The molecule has 0 fully saturated rings. The molecule has 264 valence electrons. The van der Waals surface area contributed by atoms with E-state index < -0.39 is 0 Å². The Hall–Kier alpha value is -7.63. The van der Waals surface area contributed by atoms with Gasteiger partial charge in [0.2, 0.25) is 0 Å². The Morgan fingerprint density at radius 3 is 2.02 bits per heavy atom. The van der Waals surface area contributed by atoms with Crippen molar-refractivity contribution in [1.29, 1.82) is 0 Å². The molecule has 7 aromatic carbocycles. The number of benzene rings is 7. The summed E-state index contributed by atoms with van der Waals surface area (Å²) in [7, 11) is 0. The summed E-state index contributed by atoms with van der Waals surface area (Å²) in [6.07, 6.45) is 7.79. The summed E-state index contributed by atoms with van der Waals surface area (Å²) in [6.45, 7) is 4.05. The number of hydrogen-bond donors (Lipinski definition) is 0. The summed E-state index contributed by atoms with van der Waals surface area (Å²) in [5.74, 6) is 1.72. The highest BCUT2D eigenvalue weighted by Gasteiger charge is 2.23. The van der Waals surface area contributed by atoms with Gasteiger partial charge in [0.1, 0.15) is 11.2 Å². The van der Waals surface area contributed by atoms with Crippen molar-refractivity contribution in [2.45, 2.75) is 0 Å². The van der Waals surface area contributed by atoms with Crippen LogP contribution in [0.25, 0.3) is 95.0 Å². The summed E-state index contributed by atoms with van der Waals surface area (Å²) in [4.78, 5) is 15.2. The third-order valence-electron chi connectivity index (χ3n) is 10.3. The lowest BCUT2D eigenvalue weighted by atomic mass is 10.0. The monoisotopic (exact) mass is 718 g/mol. The maximum atomic E-state index is 6.75.